The van der Waals surface area contributed by atoms with Gasteiger partial charge >= 0.3 is 0 Å². The van der Waals surface area contributed by atoms with Crippen LogP contribution in [-0.4, -0.2) is 28.4 Å². The summed E-state index contributed by atoms with van der Waals surface area (Å²) in [7, 11) is 0. The van der Waals surface area contributed by atoms with E-state index in [4.69, 9.17) is 5.73 Å². The van der Waals surface area contributed by atoms with Crippen LogP contribution in [0.3, 0.4) is 0 Å². The van der Waals surface area contributed by atoms with Gasteiger partial charge in [-0.05, 0) is 31.2 Å². The number of carbonyl (C=O) groups excluding carboxylic acids is 1. The van der Waals surface area contributed by atoms with Crippen molar-refractivity contribution >= 4 is 44.9 Å². The highest BCUT2D eigenvalue weighted by atomic mass is 32.2. The molecule has 19 heavy (non-hydrogen) atoms. The van der Waals surface area contributed by atoms with Crippen LogP contribution >= 0.6 is 23.1 Å². The minimum absolute atomic E-state index is 0.0826. The molecule has 1 saturated carbocycles. The Morgan fingerprint density at radius 2 is 2.42 bits per heavy atom. The molecule has 2 aromatic heterocycles. The van der Waals surface area contributed by atoms with Crippen molar-refractivity contribution in [1.82, 2.24) is 10.3 Å². The number of thioether (sulfide) groups is 1. The van der Waals surface area contributed by atoms with Crippen LogP contribution < -0.4 is 11.1 Å². The van der Waals surface area contributed by atoms with Crippen LogP contribution in [0.2, 0.25) is 0 Å². The molecule has 3 rings (SSSR count). The SMILES string of the molecule is CSC1(CNC(=O)c2sc3ncccc3c2N)CC1. The molecule has 1 aliphatic rings. The molecule has 0 radical (unpaired) electrons. The van der Waals surface area contributed by atoms with Crippen LogP contribution in [0.5, 0.6) is 0 Å². The molecule has 2 aromatic rings. The number of hydrogen-bond donors (Lipinski definition) is 2. The summed E-state index contributed by atoms with van der Waals surface area (Å²) < 4.78 is 0.263. The summed E-state index contributed by atoms with van der Waals surface area (Å²) in [6, 6.07) is 3.73. The van der Waals surface area contributed by atoms with E-state index in [9.17, 15) is 4.79 Å². The Morgan fingerprint density at radius 1 is 1.63 bits per heavy atom. The predicted molar refractivity (Wildman–Crippen MR) is 81.8 cm³/mol. The first-order valence-corrected chi connectivity index (χ1v) is 8.16. The van der Waals surface area contributed by atoms with Gasteiger partial charge in [0.25, 0.3) is 5.91 Å². The van der Waals surface area contributed by atoms with Gasteiger partial charge in [0.1, 0.15) is 9.71 Å². The van der Waals surface area contributed by atoms with Gasteiger partial charge in [-0.25, -0.2) is 4.98 Å². The zero-order valence-corrected chi connectivity index (χ0v) is 12.2. The minimum Gasteiger partial charge on any atom is -0.397 e. The number of anilines is 1. The number of nitrogens with two attached hydrogens (primary N) is 1. The number of fused-ring (bicyclic) bond motifs is 1. The normalized spacial score (nSPS) is 16.5. The average molecular weight is 293 g/mol. The zero-order valence-electron chi connectivity index (χ0n) is 10.6. The van der Waals surface area contributed by atoms with E-state index < -0.39 is 0 Å². The van der Waals surface area contributed by atoms with Crippen molar-refractivity contribution in [3.05, 3.63) is 23.2 Å². The molecule has 100 valence electrons. The summed E-state index contributed by atoms with van der Waals surface area (Å²) in [4.78, 5) is 17.8. The predicted octanol–water partition coefficient (Wildman–Crippen LogP) is 2.50. The van der Waals surface area contributed by atoms with Crippen molar-refractivity contribution in [3.8, 4) is 0 Å². The van der Waals surface area contributed by atoms with E-state index in [2.05, 4.69) is 16.6 Å². The van der Waals surface area contributed by atoms with Crippen LogP contribution in [0, 0.1) is 0 Å². The summed E-state index contributed by atoms with van der Waals surface area (Å²) in [5.41, 5.74) is 6.57. The molecule has 0 aromatic carbocycles. The van der Waals surface area contributed by atoms with E-state index in [1.54, 1.807) is 6.20 Å². The van der Waals surface area contributed by atoms with E-state index in [0.29, 0.717) is 17.1 Å². The van der Waals surface area contributed by atoms with Crippen LogP contribution in [0.15, 0.2) is 18.3 Å². The summed E-state index contributed by atoms with van der Waals surface area (Å²) in [6.45, 7) is 0.716. The Bertz CT molecular complexity index is 634. The highest BCUT2D eigenvalue weighted by Gasteiger charge is 2.42. The first-order chi connectivity index (χ1) is 9.15. The third kappa shape index (κ3) is 2.30. The molecule has 0 spiro atoms. The van der Waals surface area contributed by atoms with Crippen LogP contribution in [0.4, 0.5) is 5.69 Å². The largest absolute Gasteiger partial charge is 0.397 e. The Balaban J connectivity index is 1.80. The standard InChI is InChI=1S/C13H15N3OS2/c1-18-13(4-5-13)7-16-11(17)10-9(14)8-3-2-6-15-12(8)19-10/h2-3,6H,4-5,7,14H2,1H3,(H,16,17). The summed E-state index contributed by atoms with van der Waals surface area (Å²) >= 11 is 3.19. The highest BCUT2D eigenvalue weighted by Crippen LogP contribution is 2.46. The van der Waals surface area contributed by atoms with Gasteiger partial charge in [0.15, 0.2) is 0 Å². The smallest absolute Gasteiger partial charge is 0.263 e. The Hall–Kier alpha value is -1.27. The second kappa shape index (κ2) is 4.68. The van der Waals surface area contributed by atoms with E-state index in [-0.39, 0.29) is 10.7 Å². The van der Waals surface area contributed by atoms with Crippen LogP contribution in [0.1, 0.15) is 22.5 Å². The summed E-state index contributed by atoms with van der Waals surface area (Å²) in [6.07, 6.45) is 6.17. The molecule has 2 heterocycles. The van der Waals surface area contributed by atoms with E-state index in [1.165, 1.54) is 24.2 Å². The number of nitrogen functional groups attached to an aromatic ring is 1. The number of amides is 1. The van der Waals surface area contributed by atoms with Crippen molar-refractivity contribution in [2.24, 2.45) is 0 Å². The van der Waals surface area contributed by atoms with Gasteiger partial charge in [-0.15, -0.1) is 11.3 Å². The number of thiophene rings is 1. The number of nitrogens with one attached hydrogen (secondary N) is 1. The molecular formula is C13H15N3OS2. The van der Waals surface area contributed by atoms with Crippen molar-refractivity contribution in [1.29, 1.82) is 0 Å². The number of rotatable bonds is 4. The molecule has 3 N–H and O–H groups in total. The molecule has 0 saturated heterocycles. The first-order valence-electron chi connectivity index (χ1n) is 6.11. The molecular weight excluding hydrogens is 278 g/mol. The third-order valence-corrected chi connectivity index (χ3v) is 6.07. The fraction of sp³-hybridized carbons (Fsp3) is 0.385. The highest BCUT2D eigenvalue weighted by molar-refractivity contribution is 8.00. The maximum atomic E-state index is 12.2. The Labute approximate surface area is 119 Å². The molecule has 1 aliphatic carbocycles. The van der Waals surface area contributed by atoms with Crippen molar-refractivity contribution < 1.29 is 4.79 Å². The van der Waals surface area contributed by atoms with E-state index in [0.717, 1.165) is 10.2 Å². The molecule has 6 heteroatoms. The monoisotopic (exact) mass is 293 g/mol. The molecule has 4 nitrogen and oxygen atoms in total. The lowest BCUT2D eigenvalue weighted by molar-refractivity contribution is 0.0958. The lowest BCUT2D eigenvalue weighted by Gasteiger charge is -2.12. The number of carbonyl (C=O) groups is 1. The summed E-state index contributed by atoms with van der Waals surface area (Å²) in [5, 5.41) is 3.86. The van der Waals surface area contributed by atoms with Gasteiger partial charge in [0.05, 0.1) is 5.69 Å². The lowest BCUT2D eigenvalue weighted by atomic mass is 10.2. The number of hydrogen-bond acceptors (Lipinski definition) is 5. The van der Waals surface area contributed by atoms with Gasteiger partial charge in [-0.3, -0.25) is 4.79 Å². The molecule has 0 aliphatic heterocycles. The second-order valence-corrected chi connectivity index (χ2v) is 7.04. The maximum Gasteiger partial charge on any atom is 0.263 e. The third-order valence-electron chi connectivity index (χ3n) is 3.52. The average Bonchev–Trinajstić information content (AvgIpc) is 3.15. The second-order valence-electron chi connectivity index (χ2n) is 4.77. The fourth-order valence-corrected chi connectivity index (χ4v) is 3.74. The molecule has 1 amide bonds. The van der Waals surface area contributed by atoms with Crippen molar-refractivity contribution in [3.63, 3.8) is 0 Å². The quantitative estimate of drug-likeness (QED) is 0.909. The van der Waals surface area contributed by atoms with E-state index >= 15 is 0 Å². The fourth-order valence-electron chi connectivity index (χ4n) is 2.03. The van der Waals surface area contributed by atoms with Gasteiger partial charge in [-0.1, -0.05) is 0 Å². The van der Waals surface area contributed by atoms with Crippen LogP contribution in [0.25, 0.3) is 10.2 Å². The van der Waals surface area contributed by atoms with Gasteiger partial charge in [0.2, 0.25) is 0 Å². The number of nitrogens with zero attached hydrogens (tertiary/aromatic N) is 1. The Morgan fingerprint density at radius 3 is 3.05 bits per heavy atom. The summed E-state index contributed by atoms with van der Waals surface area (Å²) in [5.74, 6) is -0.0826. The van der Waals surface area contributed by atoms with Gasteiger partial charge in [0, 0.05) is 22.9 Å². The molecule has 0 unspecified atom stereocenters. The number of aromatic nitrogens is 1. The number of pyridine rings is 1. The molecule has 0 bridgehead atoms. The van der Waals surface area contributed by atoms with Crippen molar-refractivity contribution in [2.75, 3.05) is 18.5 Å². The minimum atomic E-state index is -0.0826. The van der Waals surface area contributed by atoms with Gasteiger partial charge < -0.3 is 11.1 Å². The van der Waals surface area contributed by atoms with Crippen molar-refractivity contribution in [2.45, 2.75) is 17.6 Å². The molecule has 0 atom stereocenters. The van der Waals surface area contributed by atoms with Crippen LogP contribution in [-0.2, 0) is 0 Å². The zero-order chi connectivity index (χ0) is 13.5. The van der Waals surface area contributed by atoms with Gasteiger partial charge in [-0.2, -0.15) is 11.8 Å². The first kappa shape index (κ1) is 12.7. The van der Waals surface area contributed by atoms with E-state index in [1.807, 2.05) is 23.9 Å². The Kier molecular flexibility index (Phi) is 3.14. The molecule has 1 fully saturated rings. The maximum absolute atomic E-state index is 12.2. The lowest BCUT2D eigenvalue weighted by Crippen LogP contribution is -2.31. The topological polar surface area (TPSA) is 68.0 Å².